The van der Waals surface area contributed by atoms with Crippen molar-refractivity contribution < 1.29 is 0 Å². The largest absolute Gasteiger partial charge is 0.289 e. The van der Waals surface area contributed by atoms with Gasteiger partial charge in [0.2, 0.25) is 5.95 Å². The molecule has 6 nitrogen and oxygen atoms in total. The van der Waals surface area contributed by atoms with E-state index < -0.39 is 0 Å². The summed E-state index contributed by atoms with van der Waals surface area (Å²) in [5.41, 5.74) is 3.28. The van der Waals surface area contributed by atoms with E-state index in [-0.39, 0.29) is 11.5 Å². The van der Waals surface area contributed by atoms with Crippen LogP contribution in [0.2, 0.25) is 0 Å². The van der Waals surface area contributed by atoms with Gasteiger partial charge in [0.15, 0.2) is 0 Å². The van der Waals surface area contributed by atoms with Crippen molar-refractivity contribution in [3.8, 4) is 0 Å². The summed E-state index contributed by atoms with van der Waals surface area (Å²) in [6.07, 6.45) is 2.77. The smallest absolute Gasteiger partial charge is 0.271 e. The highest BCUT2D eigenvalue weighted by molar-refractivity contribution is 5.99. The van der Waals surface area contributed by atoms with E-state index in [9.17, 15) is 4.79 Å². The summed E-state index contributed by atoms with van der Waals surface area (Å²) >= 11 is 0. The van der Waals surface area contributed by atoms with Gasteiger partial charge >= 0.3 is 0 Å². The summed E-state index contributed by atoms with van der Waals surface area (Å²) in [6, 6.07) is 14.0. The second-order valence-electron chi connectivity index (χ2n) is 4.12. The molecule has 98 valence electrons. The molecule has 0 radical (unpaired) electrons. The first-order chi connectivity index (χ1) is 9.83. The van der Waals surface area contributed by atoms with E-state index in [1.807, 2.05) is 42.5 Å². The third kappa shape index (κ3) is 2.54. The second kappa shape index (κ2) is 5.31. The zero-order chi connectivity index (χ0) is 13.8. The van der Waals surface area contributed by atoms with Crippen molar-refractivity contribution in [2.45, 2.75) is 0 Å². The summed E-state index contributed by atoms with van der Waals surface area (Å²) in [5, 5.41) is 13.5. The predicted octanol–water partition coefficient (Wildman–Crippen LogP) is 1.76. The SMILES string of the molecule is O=c1cnnc(N/N=C/c2cccc3ccccc23)[nH]1. The van der Waals surface area contributed by atoms with Crippen LogP contribution < -0.4 is 11.0 Å². The molecule has 1 aromatic heterocycles. The molecule has 0 spiro atoms. The van der Waals surface area contributed by atoms with E-state index in [0.717, 1.165) is 22.5 Å². The van der Waals surface area contributed by atoms with Crippen LogP contribution >= 0.6 is 0 Å². The van der Waals surface area contributed by atoms with Crippen LogP contribution in [0.5, 0.6) is 0 Å². The van der Waals surface area contributed by atoms with Crippen molar-refractivity contribution in [1.29, 1.82) is 0 Å². The van der Waals surface area contributed by atoms with E-state index in [4.69, 9.17) is 0 Å². The maximum Gasteiger partial charge on any atom is 0.271 e. The van der Waals surface area contributed by atoms with Crippen molar-refractivity contribution in [3.05, 3.63) is 64.6 Å². The Morgan fingerprint density at radius 1 is 1.15 bits per heavy atom. The summed E-state index contributed by atoms with van der Waals surface area (Å²) in [4.78, 5) is 13.5. The van der Waals surface area contributed by atoms with E-state index >= 15 is 0 Å². The number of hydrogen-bond donors (Lipinski definition) is 2. The molecule has 0 saturated carbocycles. The molecule has 3 rings (SSSR count). The van der Waals surface area contributed by atoms with Gasteiger partial charge in [0.25, 0.3) is 5.56 Å². The number of nitrogens with one attached hydrogen (secondary N) is 2. The fraction of sp³-hybridized carbons (Fsp3) is 0. The lowest BCUT2D eigenvalue weighted by atomic mass is 10.1. The molecular formula is C14H11N5O. The Morgan fingerprint density at radius 2 is 2.00 bits per heavy atom. The summed E-state index contributed by atoms with van der Waals surface area (Å²) in [5.74, 6) is 0.203. The lowest BCUT2D eigenvalue weighted by Crippen LogP contribution is -2.10. The van der Waals surface area contributed by atoms with E-state index in [0.29, 0.717) is 0 Å². The van der Waals surface area contributed by atoms with Gasteiger partial charge in [0.1, 0.15) is 6.20 Å². The topological polar surface area (TPSA) is 83.0 Å². The number of aromatic amines is 1. The molecule has 0 bridgehead atoms. The number of hydrogen-bond acceptors (Lipinski definition) is 5. The molecule has 2 aromatic carbocycles. The molecule has 0 aliphatic carbocycles. The molecular weight excluding hydrogens is 254 g/mol. The molecule has 0 saturated heterocycles. The number of aromatic nitrogens is 3. The quantitative estimate of drug-likeness (QED) is 0.558. The van der Waals surface area contributed by atoms with Crippen molar-refractivity contribution in [2.75, 3.05) is 5.43 Å². The van der Waals surface area contributed by atoms with Gasteiger partial charge in [-0.15, -0.1) is 10.2 Å². The van der Waals surface area contributed by atoms with Crippen molar-refractivity contribution in [2.24, 2.45) is 5.10 Å². The predicted molar refractivity (Wildman–Crippen MR) is 77.8 cm³/mol. The molecule has 20 heavy (non-hydrogen) atoms. The van der Waals surface area contributed by atoms with Gasteiger partial charge in [-0.05, 0) is 10.8 Å². The Kier molecular flexibility index (Phi) is 3.20. The van der Waals surface area contributed by atoms with Gasteiger partial charge in [0.05, 0.1) is 6.21 Å². The second-order valence-corrected chi connectivity index (χ2v) is 4.12. The average Bonchev–Trinajstić information content (AvgIpc) is 2.48. The zero-order valence-electron chi connectivity index (χ0n) is 10.4. The maximum atomic E-state index is 11.0. The van der Waals surface area contributed by atoms with Crippen LogP contribution in [-0.2, 0) is 0 Å². The van der Waals surface area contributed by atoms with Gasteiger partial charge in [-0.25, -0.2) is 5.43 Å². The molecule has 0 atom stereocenters. The van der Waals surface area contributed by atoms with Crippen molar-refractivity contribution in [3.63, 3.8) is 0 Å². The highest BCUT2D eigenvalue weighted by Gasteiger charge is 1.97. The third-order valence-electron chi connectivity index (χ3n) is 2.77. The number of hydrazone groups is 1. The van der Waals surface area contributed by atoms with Gasteiger partial charge in [0, 0.05) is 5.56 Å². The van der Waals surface area contributed by atoms with Crippen LogP contribution in [-0.4, -0.2) is 21.4 Å². The summed E-state index contributed by atoms with van der Waals surface area (Å²) in [6.45, 7) is 0. The minimum absolute atomic E-state index is 0.203. The molecule has 6 heteroatoms. The molecule has 0 unspecified atom stereocenters. The third-order valence-corrected chi connectivity index (χ3v) is 2.77. The zero-order valence-corrected chi connectivity index (χ0v) is 10.4. The van der Waals surface area contributed by atoms with Crippen LogP contribution in [0.1, 0.15) is 5.56 Å². The molecule has 0 amide bonds. The molecule has 1 heterocycles. The first-order valence-electron chi connectivity index (χ1n) is 6.02. The lowest BCUT2D eigenvalue weighted by Gasteiger charge is -2.01. The van der Waals surface area contributed by atoms with Crippen LogP contribution in [0.25, 0.3) is 10.8 Å². The van der Waals surface area contributed by atoms with Crippen LogP contribution in [0, 0.1) is 0 Å². The molecule has 0 fully saturated rings. The summed E-state index contributed by atoms with van der Waals surface area (Å²) < 4.78 is 0. The number of H-pyrrole nitrogens is 1. The summed E-state index contributed by atoms with van der Waals surface area (Å²) in [7, 11) is 0. The first kappa shape index (κ1) is 12.0. The minimum atomic E-state index is -0.331. The lowest BCUT2D eigenvalue weighted by molar-refractivity contribution is 0.939. The number of benzene rings is 2. The Bertz CT molecular complexity index is 819. The van der Waals surface area contributed by atoms with E-state index in [2.05, 4.69) is 25.7 Å². The Morgan fingerprint density at radius 3 is 2.90 bits per heavy atom. The van der Waals surface area contributed by atoms with Gasteiger partial charge in [-0.2, -0.15) is 5.10 Å². The van der Waals surface area contributed by atoms with Gasteiger partial charge in [-0.1, -0.05) is 42.5 Å². The maximum absolute atomic E-state index is 11.0. The van der Waals surface area contributed by atoms with Crippen LogP contribution in [0.4, 0.5) is 5.95 Å². The average molecular weight is 265 g/mol. The fourth-order valence-corrected chi connectivity index (χ4v) is 1.89. The number of rotatable bonds is 3. The Labute approximate surface area is 114 Å². The minimum Gasteiger partial charge on any atom is -0.289 e. The number of anilines is 1. The van der Waals surface area contributed by atoms with Crippen LogP contribution in [0.3, 0.4) is 0 Å². The molecule has 0 aliphatic heterocycles. The van der Waals surface area contributed by atoms with Crippen molar-refractivity contribution in [1.82, 2.24) is 15.2 Å². The highest BCUT2D eigenvalue weighted by atomic mass is 16.1. The van der Waals surface area contributed by atoms with Crippen LogP contribution in [0.15, 0.2) is 58.6 Å². The van der Waals surface area contributed by atoms with Gasteiger partial charge < -0.3 is 0 Å². The number of nitrogens with zero attached hydrogens (tertiary/aromatic N) is 3. The molecule has 2 N–H and O–H groups in total. The standard InChI is InChI=1S/C14H11N5O/c20-13-9-16-19-14(17-13)18-15-8-11-6-3-5-10-4-1-2-7-12(10)11/h1-9H,(H2,17,18,19,20)/b15-8+. The van der Waals surface area contributed by atoms with Crippen molar-refractivity contribution >= 4 is 22.9 Å². The monoisotopic (exact) mass is 265 g/mol. The van der Waals surface area contributed by atoms with Gasteiger partial charge in [-0.3, -0.25) is 9.78 Å². The Balaban J connectivity index is 1.86. The molecule has 0 aliphatic rings. The normalized spacial score (nSPS) is 11.0. The first-order valence-corrected chi connectivity index (χ1v) is 6.02. The highest BCUT2D eigenvalue weighted by Crippen LogP contribution is 2.16. The Hall–Kier alpha value is -3.02. The number of fused-ring (bicyclic) bond motifs is 1. The van der Waals surface area contributed by atoms with E-state index in [1.54, 1.807) is 6.21 Å². The van der Waals surface area contributed by atoms with E-state index in [1.165, 1.54) is 0 Å². The molecule has 3 aromatic rings. The fourth-order valence-electron chi connectivity index (χ4n) is 1.89.